The number of piperidine rings is 1. The molecule has 2 N–H and O–H groups in total. The van der Waals surface area contributed by atoms with Crippen LogP contribution in [0.4, 0.5) is 5.69 Å². The number of fused-ring (bicyclic) bond motifs is 1. The second kappa shape index (κ2) is 5.33. The van der Waals surface area contributed by atoms with Gasteiger partial charge in [-0.1, -0.05) is 25.1 Å². The van der Waals surface area contributed by atoms with E-state index >= 15 is 0 Å². The maximum atomic E-state index is 12.6. The summed E-state index contributed by atoms with van der Waals surface area (Å²) >= 11 is 0. The van der Waals surface area contributed by atoms with Gasteiger partial charge in [0.05, 0.1) is 23.7 Å². The number of nitrogens with one attached hydrogen (secondary N) is 1. The Hall–Kier alpha value is -1.85. The molecular formula is C21H26N2O3. The first-order chi connectivity index (χ1) is 12.5. The Balaban J connectivity index is 1.72. The SMILES string of the molecule is CC[C@@]1(O)C[C@@H]2CC(C(=O)OC)=C3Nc4ccccc4[C@]34CCN(C1)[C@H]24. The molecule has 0 saturated carbocycles. The van der Waals surface area contributed by atoms with Gasteiger partial charge in [0.25, 0.3) is 0 Å². The van der Waals surface area contributed by atoms with Gasteiger partial charge in [0.1, 0.15) is 0 Å². The van der Waals surface area contributed by atoms with Crippen LogP contribution in [0.5, 0.6) is 0 Å². The van der Waals surface area contributed by atoms with Crippen molar-refractivity contribution in [2.45, 2.75) is 49.7 Å². The van der Waals surface area contributed by atoms with Crippen LogP contribution in [-0.4, -0.2) is 47.8 Å². The highest BCUT2D eigenvalue weighted by molar-refractivity contribution is 5.93. The van der Waals surface area contributed by atoms with E-state index in [0.717, 1.165) is 49.3 Å². The molecule has 1 aromatic rings. The highest BCUT2D eigenvalue weighted by Gasteiger charge is 2.63. The molecule has 5 rings (SSSR count). The molecule has 5 nitrogen and oxygen atoms in total. The molecule has 26 heavy (non-hydrogen) atoms. The lowest BCUT2D eigenvalue weighted by molar-refractivity contribution is -0.137. The molecule has 138 valence electrons. The maximum Gasteiger partial charge on any atom is 0.335 e. The number of aliphatic hydroxyl groups is 1. The van der Waals surface area contributed by atoms with Crippen LogP contribution in [-0.2, 0) is 14.9 Å². The molecule has 0 radical (unpaired) electrons. The summed E-state index contributed by atoms with van der Waals surface area (Å²) in [5.41, 5.74) is 3.41. The second-order valence-corrected chi connectivity index (χ2v) is 8.40. The van der Waals surface area contributed by atoms with Crippen LogP contribution in [0.1, 0.15) is 38.2 Å². The molecule has 2 fully saturated rings. The zero-order chi connectivity index (χ0) is 18.1. The van der Waals surface area contributed by atoms with Crippen LogP contribution in [0.2, 0.25) is 0 Å². The number of carbonyl (C=O) groups excluding carboxylic acids is 1. The molecule has 0 amide bonds. The van der Waals surface area contributed by atoms with Crippen molar-refractivity contribution in [2.24, 2.45) is 5.92 Å². The van der Waals surface area contributed by atoms with Gasteiger partial charge in [0.15, 0.2) is 0 Å². The minimum absolute atomic E-state index is 0.169. The fraction of sp³-hybridized carbons (Fsp3) is 0.571. The summed E-state index contributed by atoms with van der Waals surface area (Å²) in [6, 6.07) is 8.78. The first kappa shape index (κ1) is 16.3. The molecule has 4 aliphatic rings. The van der Waals surface area contributed by atoms with Crippen LogP contribution in [0, 0.1) is 5.92 Å². The number of carbonyl (C=O) groups is 1. The van der Waals surface area contributed by atoms with Gasteiger partial charge in [0.2, 0.25) is 0 Å². The Labute approximate surface area is 154 Å². The highest BCUT2D eigenvalue weighted by atomic mass is 16.5. The van der Waals surface area contributed by atoms with E-state index in [2.05, 4.69) is 35.3 Å². The molecule has 2 saturated heterocycles. The zero-order valence-corrected chi connectivity index (χ0v) is 15.4. The third-order valence-electron chi connectivity index (χ3n) is 7.25. The van der Waals surface area contributed by atoms with E-state index < -0.39 is 5.60 Å². The van der Waals surface area contributed by atoms with Crippen molar-refractivity contribution in [1.29, 1.82) is 0 Å². The average molecular weight is 354 g/mol. The van der Waals surface area contributed by atoms with Crippen LogP contribution in [0.3, 0.4) is 0 Å². The van der Waals surface area contributed by atoms with Crippen LogP contribution < -0.4 is 5.32 Å². The zero-order valence-electron chi connectivity index (χ0n) is 15.4. The van der Waals surface area contributed by atoms with Gasteiger partial charge in [-0.15, -0.1) is 0 Å². The van der Waals surface area contributed by atoms with Gasteiger partial charge < -0.3 is 15.2 Å². The fourth-order valence-corrected chi connectivity index (χ4v) is 6.23. The number of para-hydroxylation sites is 1. The second-order valence-electron chi connectivity index (χ2n) is 8.40. The molecule has 3 heterocycles. The smallest absolute Gasteiger partial charge is 0.335 e. The van der Waals surface area contributed by atoms with Gasteiger partial charge in [0, 0.05) is 24.0 Å². The molecule has 1 spiro atoms. The monoisotopic (exact) mass is 354 g/mol. The number of anilines is 1. The molecule has 5 heteroatoms. The standard InChI is InChI=1S/C21H26N2O3/c1-3-20(25)11-13-10-14(19(24)26-2)17-21(8-9-23(12-20)18(13)21)15-6-4-5-7-16(15)22-17/h4-7,13,18,22,25H,3,8-12H2,1-2H3/t13-,18+,20+,21+/m0/s1. The van der Waals surface area contributed by atoms with Crippen molar-refractivity contribution in [1.82, 2.24) is 4.90 Å². The molecule has 1 aliphatic carbocycles. The van der Waals surface area contributed by atoms with Crippen LogP contribution in [0.25, 0.3) is 0 Å². The lowest BCUT2D eigenvalue weighted by atomic mass is 9.60. The number of rotatable bonds is 2. The van der Waals surface area contributed by atoms with Crippen LogP contribution in [0.15, 0.2) is 35.5 Å². The van der Waals surface area contributed by atoms with E-state index in [4.69, 9.17) is 4.74 Å². The van der Waals surface area contributed by atoms with E-state index in [0.29, 0.717) is 12.5 Å². The Kier molecular flexibility index (Phi) is 3.35. The minimum Gasteiger partial charge on any atom is -0.466 e. The first-order valence-electron chi connectivity index (χ1n) is 9.67. The molecule has 0 bridgehead atoms. The number of esters is 1. The molecule has 0 unspecified atom stereocenters. The number of ether oxygens (including phenoxy) is 1. The normalized spacial score (nSPS) is 37.7. The van der Waals surface area contributed by atoms with E-state index in [1.807, 2.05) is 6.07 Å². The third kappa shape index (κ3) is 1.90. The molecule has 4 atom stereocenters. The van der Waals surface area contributed by atoms with Gasteiger partial charge >= 0.3 is 5.97 Å². The minimum atomic E-state index is -0.656. The number of benzene rings is 1. The Morgan fingerprint density at radius 1 is 1.42 bits per heavy atom. The maximum absolute atomic E-state index is 12.6. The Morgan fingerprint density at radius 3 is 3.00 bits per heavy atom. The van der Waals surface area contributed by atoms with Crippen molar-refractivity contribution in [3.63, 3.8) is 0 Å². The summed E-state index contributed by atoms with van der Waals surface area (Å²) in [5, 5.41) is 14.6. The summed E-state index contributed by atoms with van der Waals surface area (Å²) < 4.78 is 5.14. The molecular weight excluding hydrogens is 328 g/mol. The third-order valence-corrected chi connectivity index (χ3v) is 7.25. The summed E-state index contributed by atoms with van der Waals surface area (Å²) in [6.07, 6.45) is 3.16. The van der Waals surface area contributed by atoms with E-state index in [1.165, 1.54) is 12.7 Å². The van der Waals surface area contributed by atoms with E-state index in [9.17, 15) is 9.90 Å². The quantitative estimate of drug-likeness (QED) is 0.799. The van der Waals surface area contributed by atoms with Gasteiger partial charge in [-0.2, -0.15) is 0 Å². The van der Waals surface area contributed by atoms with Crippen molar-refractivity contribution in [3.8, 4) is 0 Å². The van der Waals surface area contributed by atoms with E-state index in [1.54, 1.807) is 0 Å². The van der Waals surface area contributed by atoms with Crippen molar-refractivity contribution in [3.05, 3.63) is 41.1 Å². The van der Waals surface area contributed by atoms with Crippen molar-refractivity contribution in [2.75, 3.05) is 25.5 Å². The van der Waals surface area contributed by atoms with Gasteiger partial charge in [-0.05, 0) is 49.8 Å². The lowest BCUT2D eigenvalue weighted by Gasteiger charge is -2.52. The predicted molar refractivity (Wildman–Crippen MR) is 98.7 cm³/mol. The fourth-order valence-electron chi connectivity index (χ4n) is 6.23. The summed E-state index contributed by atoms with van der Waals surface area (Å²) in [6.45, 7) is 3.75. The summed E-state index contributed by atoms with van der Waals surface area (Å²) in [7, 11) is 1.46. The number of hydrogen-bond donors (Lipinski definition) is 2. The summed E-state index contributed by atoms with van der Waals surface area (Å²) in [4.78, 5) is 15.1. The lowest BCUT2D eigenvalue weighted by Crippen LogP contribution is -2.60. The Bertz CT molecular complexity index is 819. The number of nitrogens with zero attached hydrogens (tertiary/aromatic N) is 1. The first-order valence-corrected chi connectivity index (χ1v) is 9.67. The topological polar surface area (TPSA) is 61.8 Å². The molecule has 1 aromatic carbocycles. The van der Waals surface area contributed by atoms with E-state index in [-0.39, 0.29) is 17.3 Å². The highest BCUT2D eigenvalue weighted by Crippen LogP contribution is 2.61. The number of methoxy groups -OCH3 is 1. The number of hydrogen-bond acceptors (Lipinski definition) is 5. The molecule has 0 aromatic heterocycles. The summed E-state index contributed by atoms with van der Waals surface area (Å²) in [5.74, 6) is 0.0317. The molecule has 3 aliphatic heterocycles. The van der Waals surface area contributed by atoms with Crippen molar-refractivity contribution < 1.29 is 14.6 Å². The largest absolute Gasteiger partial charge is 0.466 e. The Morgan fingerprint density at radius 2 is 2.23 bits per heavy atom. The van der Waals surface area contributed by atoms with Crippen LogP contribution >= 0.6 is 0 Å². The van der Waals surface area contributed by atoms with Gasteiger partial charge in [-0.3, -0.25) is 4.90 Å². The average Bonchev–Trinajstić information content (AvgIpc) is 3.20. The van der Waals surface area contributed by atoms with Crippen molar-refractivity contribution >= 4 is 11.7 Å². The van der Waals surface area contributed by atoms with Gasteiger partial charge in [-0.25, -0.2) is 4.79 Å². The predicted octanol–water partition coefficient (Wildman–Crippen LogP) is 2.42.